The van der Waals surface area contributed by atoms with Gasteiger partial charge in [0.05, 0.1) is 25.6 Å². The van der Waals surface area contributed by atoms with Crippen molar-refractivity contribution in [2.45, 2.75) is 12.8 Å². The summed E-state index contributed by atoms with van der Waals surface area (Å²) in [5.74, 6) is -1.85. The van der Waals surface area contributed by atoms with Gasteiger partial charge in [-0.15, -0.1) is 0 Å². The molecule has 0 fully saturated rings. The Balaban J connectivity index is 2.03. The molecule has 0 radical (unpaired) electrons. The molecule has 1 aliphatic rings. The van der Waals surface area contributed by atoms with Crippen molar-refractivity contribution >= 4 is 17.6 Å². The molecule has 0 aliphatic carbocycles. The minimum absolute atomic E-state index is 0.399. The molecule has 2 rings (SSSR count). The Bertz CT molecular complexity index is 500. The summed E-state index contributed by atoms with van der Waals surface area (Å²) >= 11 is 0. The third kappa shape index (κ3) is 3.23. The lowest BCUT2D eigenvalue weighted by Gasteiger charge is -2.12. The predicted octanol–water partition coefficient (Wildman–Crippen LogP) is 0.643. The molecular weight excluding hydrogens is 250 g/mol. The van der Waals surface area contributed by atoms with Crippen molar-refractivity contribution < 1.29 is 24.5 Å². The number of carboxylic acid groups (broad SMARTS) is 1. The number of aliphatic hydroxyl groups excluding tert-OH is 1. The van der Waals surface area contributed by atoms with Gasteiger partial charge >= 0.3 is 5.97 Å². The number of ether oxygens (including phenoxy) is 1. The van der Waals surface area contributed by atoms with Gasteiger partial charge < -0.3 is 20.3 Å². The lowest BCUT2D eigenvalue weighted by Crippen LogP contribution is -2.27. The molecule has 19 heavy (non-hydrogen) atoms. The molecule has 0 spiro atoms. The molecule has 0 saturated heterocycles. The Morgan fingerprint density at radius 1 is 1.42 bits per heavy atom. The first-order valence-electron chi connectivity index (χ1n) is 5.99. The van der Waals surface area contributed by atoms with Crippen LogP contribution >= 0.6 is 0 Å². The number of aliphatic carboxylic acids is 1. The van der Waals surface area contributed by atoms with Gasteiger partial charge in [0, 0.05) is 18.2 Å². The molecule has 3 N–H and O–H groups in total. The number of nitrogens with one attached hydrogen (secondary N) is 1. The van der Waals surface area contributed by atoms with Crippen molar-refractivity contribution in [2.24, 2.45) is 5.92 Å². The Morgan fingerprint density at radius 3 is 2.89 bits per heavy atom. The van der Waals surface area contributed by atoms with Crippen molar-refractivity contribution in [2.75, 3.05) is 18.5 Å². The summed E-state index contributed by atoms with van der Waals surface area (Å²) in [5.41, 5.74) is 1.62. The number of aliphatic hydroxyl groups is 1. The number of hydrogen-bond donors (Lipinski definition) is 3. The van der Waals surface area contributed by atoms with E-state index in [-0.39, 0.29) is 0 Å². The Kier molecular flexibility index (Phi) is 4.01. The molecular formula is C13H15NO5. The van der Waals surface area contributed by atoms with Crippen LogP contribution < -0.4 is 10.1 Å². The second-order valence-electron chi connectivity index (χ2n) is 4.39. The minimum Gasteiger partial charge on any atom is -0.493 e. The van der Waals surface area contributed by atoms with Crippen molar-refractivity contribution in [3.05, 3.63) is 23.8 Å². The third-order valence-electron chi connectivity index (χ3n) is 2.98. The second-order valence-corrected chi connectivity index (χ2v) is 4.39. The summed E-state index contributed by atoms with van der Waals surface area (Å²) in [6.45, 7) is 0.130. The van der Waals surface area contributed by atoms with E-state index in [0.717, 1.165) is 17.7 Å². The Morgan fingerprint density at radius 2 is 2.21 bits per heavy atom. The van der Waals surface area contributed by atoms with Crippen LogP contribution in [0.25, 0.3) is 0 Å². The van der Waals surface area contributed by atoms with Gasteiger partial charge in [0.25, 0.3) is 0 Å². The molecule has 1 aliphatic heterocycles. The summed E-state index contributed by atoms with van der Waals surface area (Å²) in [6.07, 6.45) is 0.450. The molecule has 6 nitrogen and oxygen atoms in total. The first kappa shape index (κ1) is 13.4. The minimum atomic E-state index is -1.12. The van der Waals surface area contributed by atoms with Crippen LogP contribution in [0.3, 0.4) is 0 Å². The number of amides is 1. The van der Waals surface area contributed by atoms with Gasteiger partial charge in [0.2, 0.25) is 5.91 Å². The molecule has 1 amide bonds. The molecule has 6 heteroatoms. The van der Waals surface area contributed by atoms with E-state index >= 15 is 0 Å². The van der Waals surface area contributed by atoms with E-state index in [4.69, 9.17) is 14.9 Å². The number of fused-ring (bicyclic) bond motifs is 1. The first-order valence-corrected chi connectivity index (χ1v) is 5.99. The summed E-state index contributed by atoms with van der Waals surface area (Å²) in [7, 11) is 0. The van der Waals surface area contributed by atoms with E-state index in [2.05, 4.69) is 5.32 Å². The number of hydrogen-bond acceptors (Lipinski definition) is 4. The predicted molar refractivity (Wildman–Crippen MR) is 67.1 cm³/mol. The van der Waals surface area contributed by atoms with Crippen LogP contribution in [0.2, 0.25) is 0 Å². The highest BCUT2D eigenvalue weighted by molar-refractivity contribution is 5.94. The van der Waals surface area contributed by atoms with Crippen LogP contribution in [0.15, 0.2) is 18.2 Å². The second kappa shape index (κ2) is 5.71. The zero-order chi connectivity index (χ0) is 13.8. The van der Waals surface area contributed by atoms with Crippen LogP contribution in [0.1, 0.15) is 12.0 Å². The average molecular weight is 265 g/mol. The number of carbonyl (C=O) groups is 2. The fourth-order valence-electron chi connectivity index (χ4n) is 1.94. The largest absolute Gasteiger partial charge is 0.493 e. The van der Waals surface area contributed by atoms with Crippen molar-refractivity contribution in [1.29, 1.82) is 0 Å². The van der Waals surface area contributed by atoms with E-state index in [1.165, 1.54) is 0 Å². The fourth-order valence-corrected chi connectivity index (χ4v) is 1.94. The molecule has 102 valence electrons. The SMILES string of the molecule is O=C(O)CC(CO)C(=O)Nc1ccc2c(c1)OCC2. The average Bonchev–Trinajstić information content (AvgIpc) is 2.82. The number of carbonyl (C=O) groups excluding carboxylic acids is 1. The van der Waals surface area contributed by atoms with Crippen LogP contribution in [-0.4, -0.2) is 35.3 Å². The third-order valence-corrected chi connectivity index (χ3v) is 2.98. The zero-order valence-electron chi connectivity index (χ0n) is 10.3. The van der Waals surface area contributed by atoms with Gasteiger partial charge in [-0.3, -0.25) is 9.59 Å². The maximum Gasteiger partial charge on any atom is 0.304 e. The van der Waals surface area contributed by atoms with Crippen LogP contribution in [0.5, 0.6) is 5.75 Å². The van der Waals surface area contributed by atoms with Crippen LogP contribution in [0.4, 0.5) is 5.69 Å². The fraction of sp³-hybridized carbons (Fsp3) is 0.385. The number of anilines is 1. The van der Waals surface area contributed by atoms with Gasteiger partial charge in [-0.05, 0) is 11.6 Å². The summed E-state index contributed by atoms with van der Waals surface area (Å²) < 4.78 is 5.38. The molecule has 1 atom stereocenters. The van der Waals surface area contributed by atoms with Crippen LogP contribution in [0, 0.1) is 5.92 Å². The molecule has 0 saturated carbocycles. The molecule has 0 bridgehead atoms. The molecule has 1 unspecified atom stereocenters. The van der Waals surface area contributed by atoms with Crippen LogP contribution in [-0.2, 0) is 16.0 Å². The van der Waals surface area contributed by atoms with Crippen molar-refractivity contribution in [1.82, 2.24) is 0 Å². The molecule has 1 aromatic carbocycles. The first-order chi connectivity index (χ1) is 9.10. The zero-order valence-corrected chi connectivity index (χ0v) is 10.3. The summed E-state index contributed by atoms with van der Waals surface area (Å²) in [4.78, 5) is 22.4. The van der Waals surface area contributed by atoms with E-state index in [9.17, 15) is 9.59 Å². The van der Waals surface area contributed by atoms with Gasteiger partial charge in [-0.2, -0.15) is 0 Å². The monoisotopic (exact) mass is 265 g/mol. The highest BCUT2D eigenvalue weighted by Gasteiger charge is 2.21. The van der Waals surface area contributed by atoms with Crippen molar-refractivity contribution in [3.63, 3.8) is 0 Å². The van der Waals surface area contributed by atoms with Crippen molar-refractivity contribution in [3.8, 4) is 5.75 Å². The quantitative estimate of drug-likeness (QED) is 0.726. The maximum atomic E-state index is 11.8. The topological polar surface area (TPSA) is 95.9 Å². The number of benzene rings is 1. The van der Waals surface area contributed by atoms with E-state index < -0.39 is 30.8 Å². The standard InChI is InChI=1S/C13H15NO5/c15-7-9(5-12(16)17)13(18)14-10-2-1-8-3-4-19-11(8)6-10/h1-2,6,9,15H,3-5,7H2,(H,14,18)(H,16,17). The smallest absolute Gasteiger partial charge is 0.304 e. The van der Waals surface area contributed by atoms with Gasteiger partial charge in [-0.1, -0.05) is 6.07 Å². The molecule has 0 aromatic heterocycles. The number of carboxylic acids is 1. The Labute approximate surface area is 110 Å². The molecule has 1 heterocycles. The maximum absolute atomic E-state index is 11.8. The highest BCUT2D eigenvalue weighted by Crippen LogP contribution is 2.28. The highest BCUT2D eigenvalue weighted by atomic mass is 16.5. The molecule has 1 aromatic rings. The van der Waals surface area contributed by atoms with Gasteiger partial charge in [0.15, 0.2) is 0 Å². The van der Waals surface area contributed by atoms with Gasteiger partial charge in [0.1, 0.15) is 5.75 Å². The summed E-state index contributed by atoms with van der Waals surface area (Å²) in [5, 5.41) is 20.3. The van der Waals surface area contributed by atoms with E-state index in [1.807, 2.05) is 6.07 Å². The number of rotatable bonds is 5. The normalized spacial score (nSPS) is 14.4. The lowest BCUT2D eigenvalue weighted by atomic mass is 10.1. The summed E-state index contributed by atoms with van der Waals surface area (Å²) in [6, 6.07) is 5.30. The lowest BCUT2D eigenvalue weighted by molar-refractivity contribution is -0.140. The Hall–Kier alpha value is -2.08. The van der Waals surface area contributed by atoms with E-state index in [1.54, 1.807) is 12.1 Å². The van der Waals surface area contributed by atoms with Gasteiger partial charge in [-0.25, -0.2) is 0 Å². The van der Waals surface area contributed by atoms with E-state index in [0.29, 0.717) is 12.3 Å².